The number of methoxy groups -OCH3 is 1. The molecule has 0 aliphatic carbocycles. The summed E-state index contributed by atoms with van der Waals surface area (Å²) in [7, 11) is 1.52. The van der Waals surface area contributed by atoms with Gasteiger partial charge in [-0.05, 0) is 17.7 Å². The zero-order chi connectivity index (χ0) is 29.5. The number of aliphatic hydroxyl groups excluding tert-OH is 5. The lowest BCUT2D eigenvalue weighted by atomic mass is 9.99. The molecular weight excluding hydrogens is 548 g/mol. The van der Waals surface area contributed by atoms with Crippen molar-refractivity contribution in [3.05, 3.63) is 52.9 Å². The molecule has 0 amide bonds. The number of phenols is 1. The number of ether oxygens (including phenoxy) is 5. The summed E-state index contributed by atoms with van der Waals surface area (Å²) in [4.78, 5) is 13.2. The zero-order valence-electron chi connectivity index (χ0n) is 21.7. The Bertz CT molecular complexity index is 1420. The Morgan fingerprint density at radius 1 is 1.00 bits per heavy atom. The van der Waals surface area contributed by atoms with Crippen molar-refractivity contribution < 1.29 is 63.8 Å². The van der Waals surface area contributed by atoms with Crippen LogP contribution in [-0.2, 0) is 14.2 Å². The molecule has 2 fully saturated rings. The van der Waals surface area contributed by atoms with Gasteiger partial charge in [0.15, 0.2) is 6.29 Å². The summed E-state index contributed by atoms with van der Waals surface area (Å²) in [5, 5.41) is 71.3. The molecule has 14 nitrogen and oxygen atoms in total. The number of phenolic OH excluding ortho intramolecular Hbond substituents is 1. The second-order valence-corrected chi connectivity index (χ2v) is 9.87. The van der Waals surface area contributed by atoms with Gasteiger partial charge in [0.05, 0.1) is 32.5 Å². The van der Waals surface area contributed by atoms with Gasteiger partial charge >= 0.3 is 0 Å². The largest absolute Gasteiger partial charge is 0.507 e. The predicted octanol–water partition coefficient (Wildman–Crippen LogP) is -1.18. The Morgan fingerprint density at radius 2 is 1.73 bits per heavy atom. The van der Waals surface area contributed by atoms with Crippen molar-refractivity contribution >= 4 is 11.0 Å². The zero-order valence-corrected chi connectivity index (χ0v) is 21.7. The van der Waals surface area contributed by atoms with Gasteiger partial charge in [0.2, 0.25) is 11.7 Å². The molecule has 7 N–H and O–H groups in total. The van der Waals surface area contributed by atoms with Crippen LogP contribution in [-0.4, -0.2) is 111 Å². The monoisotopic (exact) mass is 578 g/mol. The van der Waals surface area contributed by atoms with Gasteiger partial charge < -0.3 is 63.8 Å². The molecule has 0 saturated carbocycles. The Labute approximate surface area is 232 Å². The van der Waals surface area contributed by atoms with Crippen LogP contribution in [0, 0.1) is 0 Å². The summed E-state index contributed by atoms with van der Waals surface area (Å²) in [6.45, 7) is -1.65. The third kappa shape index (κ3) is 5.49. The number of hydrogen-bond acceptors (Lipinski definition) is 14. The average molecular weight is 579 g/mol. The van der Waals surface area contributed by atoms with Crippen molar-refractivity contribution in [2.24, 2.45) is 0 Å². The van der Waals surface area contributed by atoms with Gasteiger partial charge in [-0.2, -0.15) is 0 Å². The van der Waals surface area contributed by atoms with Gasteiger partial charge in [0.1, 0.15) is 70.6 Å². The second-order valence-electron chi connectivity index (χ2n) is 9.87. The van der Waals surface area contributed by atoms with Gasteiger partial charge in [-0.25, -0.2) is 0 Å². The van der Waals surface area contributed by atoms with Crippen LogP contribution < -0.4 is 14.9 Å². The van der Waals surface area contributed by atoms with Crippen molar-refractivity contribution in [2.45, 2.75) is 48.7 Å². The highest BCUT2D eigenvalue weighted by atomic mass is 16.7. The lowest BCUT2D eigenvalue weighted by molar-refractivity contribution is -0.289. The molecule has 3 aromatic rings. The van der Waals surface area contributed by atoms with Crippen LogP contribution in [0.5, 0.6) is 17.2 Å². The van der Waals surface area contributed by atoms with E-state index < -0.39 is 79.7 Å². The molecule has 0 radical (unpaired) electrons. The van der Waals surface area contributed by atoms with E-state index in [2.05, 4.69) is 0 Å². The number of aliphatic hydroxyl groups is 6. The Hall–Kier alpha value is -3.31. The standard InChI is InChI=1S/C27H30O14/c1-36-13-4-2-12(3-5-13)15-8-37-17-7-14(6-16(29)19(17)20(15)30)40-25-23(33)22(32)21(31)18(41-25)9-38-26-24(34)27(35,10-28)11-39-26/h2-8,18,21-26,28-29,31-35H,9-11H2,1H3/t18-,21-,22+,23-,24+,25+,26-,27-/m1/s1. The number of fused-ring (bicyclic) bond motifs is 1. The number of rotatable bonds is 8. The lowest BCUT2D eigenvalue weighted by Gasteiger charge is -2.40. The molecule has 1 aromatic heterocycles. The fraction of sp³-hybridized carbons (Fsp3) is 0.444. The minimum atomic E-state index is -1.93. The topological polar surface area (TPSA) is 218 Å². The second kappa shape index (κ2) is 11.5. The Balaban J connectivity index is 1.33. The molecule has 0 unspecified atom stereocenters. The minimum Gasteiger partial charge on any atom is -0.507 e. The van der Waals surface area contributed by atoms with Gasteiger partial charge in [-0.1, -0.05) is 12.1 Å². The SMILES string of the molecule is COc1ccc(-c2coc3cc(O[C@H]4O[C@H](CO[C@@H]5OC[C@](O)(CO)[C@H]5O)[C@@H](O)[C@H](O)[C@H]4O)cc(O)c3c2=O)cc1. The first-order chi connectivity index (χ1) is 19.6. The van der Waals surface area contributed by atoms with Crippen molar-refractivity contribution in [1.82, 2.24) is 0 Å². The average Bonchev–Trinajstić information content (AvgIpc) is 3.26. The highest BCUT2D eigenvalue weighted by Gasteiger charge is 2.50. The van der Waals surface area contributed by atoms with E-state index in [0.29, 0.717) is 11.3 Å². The molecule has 2 aliphatic rings. The molecule has 5 rings (SSSR count). The van der Waals surface area contributed by atoms with Crippen LogP contribution in [0.4, 0.5) is 0 Å². The van der Waals surface area contributed by atoms with Crippen LogP contribution in [0.2, 0.25) is 0 Å². The summed E-state index contributed by atoms with van der Waals surface area (Å²) in [6.07, 6.45) is -9.73. The van der Waals surface area contributed by atoms with Crippen LogP contribution in [0.25, 0.3) is 22.1 Å². The molecule has 0 bridgehead atoms. The van der Waals surface area contributed by atoms with Gasteiger partial charge in [-0.3, -0.25) is 4.79 Å². The van der Waals surface area contributed by atoms with Crippen molar-refractivity contribution in [1.29, 1.82) is 0 Å². The fourth-order valence-corrected chi connectivity index (χ4v) is 4.66. The molecule has 2 aromatic carbocycles. The summed E-state index contributed by atoms with van der Waals surface area (Å²) >= 11 is 0. The van der Waals surface area contributed by atoms with Crippen molar-refractivity contribution in [2.75, 3.05) is 26.9 Å². The van der Waals surface area contributed by atoms with E-state index >= 15 is 0 Å². The normalized spacial score (nSPS) is 31.8. The maximum absolute atomic E-state index is 13.2. The summed E-state index contributed by atoms with van der Waals surface area (Å²) in [6, 6.07) is 9.07. The summed E-state index contributed by atoms with van der Waals surface area (Å²) in [5.41, 5.74) is -1.73. The molecule has 222 valence electrons. The number of benzene rings is 2. The van der Waals surface area contributed by atoms with Gasteiger partial charge in [0.25, 0.3) is 0 Å². The summed E-state index contributed by atoms with van der Waals surface area (Å²) in [5.74, 6) is 0.0294. The number of aromatic hydroxyl groups is 1. The van der Waals surface area contributed by atoms with Gasteiger partial charge in [-0.15, -0.1) is 0 Å². The highest BCUT2D eigenvalue weighted by molar-refractivity contribution is 5.88. The molecule has 2 aliphatic heterocycles. The Morgan fingerprint density at radius 3 is 2.39 bits per heavy atom. The van der Waals surface area contributed by atoms with Crippen LogP contribution in [0.15, 0.2) is 51.9 Å². The predicted molar refractivity (Wildman–Crippen MR) is 137 cm³/mol. The summed E-state index contributed by atoms with van der Waals surface area (Å²) < 4.78 is 32.5. The smallest absolute Gasteiger partial charge is 0.229 e. The van der Waals surface area contributed by atoms with E-state index in [9.17, 15) is 40.5 Å². The van der Waals surface area contributed by atoms with Crippen LogP contribution >= 0.6 is 0 Å². The van der Waals surface area contributed by atoms with E-state index in [1.165, 1.54) is 19.4 Å². The van der Waals surface area contributed by atoms with E-state index in [-0.39, 0.29) is 22.3 Å². The maximum Gasteiger partial charge on any atom is 0.229 e. The first kappa shape index (κ1) is 29.2. The minimum absolute atomic E-state index is 0.0308. The first-order valence-corrected chi connectivity index (χ1v) is 12.6. The first-order valence-electron chi connectivity index (χ1n) is 12.6. The fourth-order valence-electron chi connectivity index (χ4n) is 4.66. The van der Waals surface area contributed by atoms with E-state index in [1.807, 2.05) is 0 Å². The van der Waals surface area contributed by atoms with Crippen molar-refractivity contribution in [3.8, 4) is 28.4 Å². The Kier molecular flexibility index (Phi) is 8.20. The molecule has 8 atom stereocenters. The lowest BCUT2D eigenvalue weighted by Crippen LogP contribution is -2.60. The molecular formula is C27H30O14. The van der Waals surface area contributed by atoms with Crippen molar-refractivity contribution in [3.63, 3.8) is 0 Å². The third-order valence-electron chi connectivity index (χ3n) is 7.16. The number of hydrogen-bond donors (Lipinski definition) is 7. The molecule has 3 heterocycles. The maximum atomic E-state index is 13.2. The third-order valence-corrected chi connectivity index (χ3v) is 7.16. The van der Waals surface area contributed by atoms with E-state index in [0.717, 1.165) is 6.07 Å². The van der Waals surface area contributed by atoms with Gasteiger partial charge in [0, 0.05) is 12.1 Å². The van der Waals surface area contributed by atoms with E-state index in [1.54, 1.807) is 24.3 Å². The molecule has 2 saturated heterocycles. The van der Waals surface area contributed by atoms with E-state index in [4.69, 9.17) is 28.1 Å². The highest BCUT2D eigenvalue weighted by Crippen LogP contribution is 2.33. The van der Waals surface area contributed by atoms with Crippen LogP contribution in [0.3, 0.4) is 0 Å². The van der Waals surface area contributed by atoms with Crippen LogP contribution in [0.1, 0.15) is 0 Å². The molecule has 41 heavy (non-hydrogen) atoms. The molecule has 14 heteroatoms. The molecule has 0 spiro atoms. The quantitative estimate of drug-likeness (QED) is 0.167.